The molecule has 3 aliphatic rings. The molecule has 0 aromatic rings. The van der Waals surface area contributed by atoms with E-state index in [0.717, 1.165) is 24.8 Å². The minimum absolute atomic E-state index is 0.130. The Hall–Kier alpha value is -0.990. The molecule has 0 radical (unpaired) electrons. The number of rotatable bonds is 1. The predicted octanol–water partition coefficient (Wildman–Crippen LogP) is 4.04. The Morgan fingerprint density at radius 1 is 1.14 bits per heavy atom. The summed E-state index contributed by atoms with van der Waals surface area (Å²) in [4.78, 5) is 24.3. The van der Waals surface area contributed by atoms with E-state index in [1.165, 1.54) is 0 Å². The molecule has 21 heavy (non-hydrogen) atoms. The smallest absolute Gasteiger partial charge is 0.155 e. The van der Waals surface area contributed by atoms with Crippen molar-refractivity contribution in [2.24, 2.45) is 22.2 Å². The Morgan fingerprint density at radius 2 is 1.86 bits per heavy atom. The van der Waals surface area contributed by atoms with Gasteiger partial charge >= 0.3 is 0 Å². The molecule has 116 valence electrons. The van der Waals surface area contributed by atoms with Gasteiger partial charge in [-0.2, -0.15) is 0 Å². The van der Waals surface area contributed by atoms with Crippen LogP contribution in [0.3, 0.4) is 0 Å². The van der Waals surface area contributed by atoms with Gasteiger partial charge in [-0.15, -0.1) is 0 Å². The summed E-state index contributed by atoms with van der Waals surface area (Å²) in [6.45, 7) is 5.86. The molecule has 0 unspecified atom stereocenters. The molecule has 2 saturated carbocycles. The molecule has 0 bridgehead atoms. The van der Waals surface area contributed by atoms with Crippen LogP contribution in [-0.4, -0.2) is 18.2 Å². The van der Waals surface area contributed by atoms with Crippen LogP contribution in [0.25, 0.3) is 0 Å². The molecule has 0 N–H and O–H groups in total. The van der Waals surface area contributed by atoms with Crippen molar-refractivity contribution in [3.8, 4) is 0 Å². The maximum atomic E-state index is 13.9. The Kier molecular flexibility index (Phi) is 3.20. The van der Waals surface area contributed by atoms with Gasteiger partial charge in [-0.05, 0) is 43.1 Å². The van der Waals surface area contributed by atoms with Crippen molar-refractivity contribution in [3.05, 3.63) is 11.6 Å². The maximum Gasteiger partial charge on any atom is 0.155 e. The van der Waals surface area contributed by atoms with Crippen LogP contribution in [0.15, 0.2) is 11.6 Å². The van der Waals surface area contributed by atoms with E-state index in [9.17, 15) is 14.0 Å². The zero-order valence-electron chi connectivity index (χ0n) is 13.3. The topological polar surface area (TPSA) is 34.1 Å². The van der Waals surface area contributed by atoms with E-state index in [4.69, 9.17) is 0 Å². The summed E-state index contributed by atoms with van der Waals surface area (Å²) in [6, 6.07) is 0. The monoisotopic (exact) mass is 292 g/mol. The zero-order chi connectivity index (χ0) is 15.5. The number of hydrogen-bond acceptors (Lipinski definition) is 2. The van der Waals surface area contributed by atoms with Gasteiger partial charge in [0.25, 0.3) is 0 Å². The van der Waals surface area contributed by atoms with Crippen molar-refractivity contribution < 1.29 is 14.0 Å². The lowest BCUT2D eigenvalue weighted by atomic mass is 9.44. The lowest BCUT2D eigenvalue weighted by molar-refractivity contribution is -0.142. The van der Waals surface area contributed by atoms with Gasteiger partial charge in [0, 0.05) is 23.7 Å². The molecule has 2 nitrogen and oxygen atoms in total. The van der Waals surface area contributed by atoms with Gasteiger partial charge in [-0.25, -0.2) is 0 Å². The SMILES string of the molecule is CC1(C)C(=O)CC[C@]2(C)C3=CC(=O)CC[C@]3(CF)CC[C@@H]12. The molecule has 3 atom stereocenters. The molecule has 0 aliphatic heterocycles. The second kappa shape index (κ2) is 4.50. The van der Waals surface area contributed by atoms with Crippen molar-refractivity contribution in [1.29, 1.82) is 0 Å². The maximum absolute atomic E-state index is 13.9. The quantitative estimate of drug-likeness (QED) is 0.731. The minimum atomic E-state index is -0.435. The normalized spacial score (nSPS) is 42.1. The number of ketones is 2. The van der Waals surface area contributed by atoms with Gasteiger partial charge in [-0.1, -0.05) is 26.3 Å². The van der Waals surface area contributed by atoms with Crippen LogP contribution in [0.1, 0.15) is 59.3 Å². The average Bonchev–Trinajstić information content (AvgIpc) is 2.44. The number of carbonyl (C=O) groups is 2. The second-order valence-electron chi connectivity index (χ2n) is 8.09. The third kappa shape index (κ3) is 1.89. The molecule has 0 aromatic carbocycles. The van der Waals surface area contributed by atoms with Crippen LogP contribution >= 0.6 is 0 Å². The fourth-order valence-electron chi connectivity index (χ4n) is 5.40. The van der Waals surface area contributed by atoms with Gasteiger partial charge < -0.3 is 0 Å². The highest BCUT2D eigenvalue weighted by Crippen LogP contribution is 2.65. The first kappa shape index (κ1) is 14.9. The van der Waals surface area contributed by atoms with E-state index in [1.807, 2.05) is 13.8 Å². The standard InChI is InChI=1S/C18H25FO2/c1-16(2)13-5-9-18(11-19)8-4-12(20)10-14(18)17(13,3)7-6-15(16)21/h10,13H,4-9,11H2,1-3H3/t13-,17-,18+/m0/s1. The van der Waals surface area contributed by atoms with E-state index < -0.39 is 5.41 Å². The van der Waals surface area contributed by atoms with Crippen LogP contribution in [0.5, 0.6) is 0 Å². The molecule has 3 aliphatic carbocycles. The summed E-state index contributed by atoms with van der Waals surface area (Å²) >= 11 is 0. The Balaban J connectivity index is 2.12. The zero-order valence-corrected chi connectivity index (χ0v) is 13.3. The largest absolute Gasteiger partial charge is 0.299 e. The van der Waals surface area contributed by atoms with Crippen molar-refractivity contribution in [2.75, 3.05) is 6.67 Å². The molecule has 3 heteroatoms. The van der Waals surface area contributed by atoms with E-state index >= 15 is 0 Å². The van der Waals surface area contributed by atoms with Crippen molar-refractivity contribution in [1.82, 2.24) is 0 Å². The molecule has 0 saturated heterocycles. The van der Waals surface area contributed by atoms with Crippen LogP contribution in [0.4, 0.5) is 4.39 Å². The fourth-order valence-corrected chi connectivity index (χ4v) is 5.40. The number of Topliss-reactive ketones (excluding diaryl/α,β-unsaturated/α-hetero) is 1. The van der Waals surface area contributed by atoms with Gasteiger partial charge in [0.05, 0.1) is 6.67 Å². The number of fused-ring (bicyclic) bond motifs is 3. The number of hydrogen-bond donors (Lipinski definition) is 0. The third-order valence-corrected chi connectivity index (χ3v) is 6.74. The van der Waals surface area contributed by atoms with Crippen LogP contribution in [0.2, 0.25) is 0 Å². The van der Waals surface area contributed by atoms with Crippen LogP contribution < -0.4 is 0 Å². The van der Waals surface area contributed by atoms with E-state index in [0.29, 0.717) is 25.0 Å². The van der Waals surface area contributed by atoms with Gasteiger partial charge in [0.15, 0.2) is 5.78 Å². The molecular formula is C18H25FO2. The molecule has 2 fully saturated rings. The second-order valence-corrected chi connectivity index (χ2v) is 8.09. The van der Waals surface area contributed by atoms with Gasteiger partial charge in [0.1, 0.15) is 5.78 Å². The average molecular weight is 292 g/mol. The molecular weight excluding hydrogens is 267 g/mol. The summed E-state index contributed by atoms with van der Waals surface area (Å²) in [7, 11) is 0. The van der Waals surface area contributed by atoms with E-state index in [2.05, 4.69) is 6.92 Å². The lowest BCUT2D eigenvalue weighted by Crippen LogP contribution is -2.55. The molecule has 0 heterocycles. The lowest BCUT2D eigenvalue weighted by Gasteiger charge is -2.59. The summed E-state index contributed by atoms with van der Waals surface area (Å²) in [5, 5.41) is 0. The number of carbonyl (C=O) groups excluding carboxylic acids is 2. The van der Waals surface area contributed by atoms with E-state index in [1.54, 1.807) is 6.08 Å². The first-order valence-electron chi connectivity index (χ1n) is 8.11. The number of halogens is 1. The first-order chi connectivity index (χ1) is 9.76. The molecule has 0 aromatic heterocycles. The number of alkyl halides is 1. The van der Waals surface area contributed by atoms with Crippen molar-refractivity contribution in [2.45, 2.75) is 59.3 Å². The summed E-state index contributed by atoms with van der Waals surface area (Å²) in [5.41, 5.74) is 0.0233. The van der Waals surface area contributed by atoms with Crippen LogP contribution in [-0.2, 0) is 9.59 Å². The fraction of sp³-hybridized carbons (Fsp3) is 0.778. The van der Waals surface area contributed by atoms with Crippen LogP contribution in [0, 0.1) is 22.2 Å². The molecule has 3 rings (SSSR count). The number of allylic oxidation sites excluding steroid dienone is 2. The summed E-state index contributed by atoms with van der Waals surface area (Å²) < 4.78 is 13.9. The first-order valence-corrected chi connectivity index (χ1v) is 8.11. The highest BCUT2D eigenvalue weighted by molar-refractivity contribution is 5.92. The molecule has 0 spiro atoms. The molecule has 0 amide bonds. The summed E-state index contributed by atoms with van der Waals surface area (Å²) in [6.07, 6.45) is 5.83. The van der Waals surface area contributed by atoms with E-state index in [-0.39, 0.29) is 29.2 Å². The van der Waals surface area contributed by atoms with Gasteiger partial charge in [0.2, 0.25) is 0 Å². The highest BCUT2D eigenvalue weighted by Gasteiger charge is 2.59. The Morgan fingerprint density at radius 3 is 2.52 bits per heavy atom. The van der Waals surface area contributed by atoms with Crippen molar-refractivity contribution >= 4 is 11.6 Å². The van der Waals surface area contributed by atoms with Crippen molar-refractivity contribution in [3.63, 3.8) is 0 Å². The predicted molar refractivity (Wildman–Crippen MR) is 79.6 cm³/mol. The van der Waals surface area contributed by atoms with Gasteiger partial charge in [-0.3, -0.25) is 14.0 Å². The summed E-state index contributed by atoms with van der Waals surface area (Å²) in [5.74, 6) is 0.675. The Bertz CT molecular complexity index is 533. The highest BCUT2D eigenvalue weighted by atomic mass is 19.1. The Labute approximate surface area is 126 Å². The minimum Gasteiger partial charge on any atom is -0.299 e. The third-order valence-electron chi connectivity index (χ3n) is 6.74.